The molecule has 2 aromatic carbocycles. The summed E-state index contributed by atoms with van der Waals surface area (Å²) < 4.78 is 1.65. The van der Waals surface area contributed by atoms with Crippen molar-refractivity contribution >= 4 is 33.9 Å². The number of carbonyl (C=O) groups is 1. The topological polar surface area (TPSA) is 72.4 Å². The first kappa shape index (κ1) is 15.1. The molecule has 25 heavy (non-hydrogen) atoms. The lowest BCUT2D eigenvalue weighted by Gasteiger charge is -1.98. The highest BCUT2D eigenvalue weighted by molar-refractivity contribution is 7.12. The lowest BCUT2D eigenvalue weighted by molar-refractivity contribution is 0.0691. The Labute approximate surface area is 146 Å². The Morgan fingerprint density at radius 3 is 2.80 bits per heavy atom. The number of carboxylic acids is 1. The quantitative estimate of drug-likeness (QED) is 0.558. The van der Waals surface area contributed by atoms with Gasteiger partial charge in [0.1, 0.15) is 0 Å². The van der Waals surface area contributed by atoms with Crippen molar-refractivity contribution in [2.75, 3.05) is 0 Å². The third-order valence-corrected chi connectivity index (χ3v) is 4.54. The van der Waals surface area contributed by atoms with Crippen LogP contribution in [0.25, 0.3) is 32.1 Å². The molecule has 0 aliphatic heterocycles. The highest BCUT2D eigenvalue weighted by Crippen LogP contribution is 2.32. The van der Waals surface area contributed by atoms with E-state index in [4.69, 9.17) is 11.7 Å². The number of hydrogen-bond acceptors (Lipinski definition) is 4. The summed E-state index contributed by atoms with van der Waals surface area (Å²) in [5.74, 6) is -1.07. The predicted molar refractivity (Wildman–Crippen MR) is 95.4 cm³/mol. The number of carboxylic acid groups (broad SMARTS) is 1. The first-order valence-corrected chi connectivity index (χ1v) is 8.20. The van der Waals surface area contributed by atoms with Crippen molar-refractivity contribution in [1.82, 2.24) is 14.8 Å². The van der Waals surface area contributed by atoms with Crippen molar-refractivity contribution in [2.45, 2.75) is 0 Å². The lowest BCUT2D eigenvalue weighted by atomic mass is 10.1. The molecule has 0 spiro atoms. The monoisotopic (exact) mass is 346 g/mol. The largest absolute Gasteiger partial charge is 0.476 e. The van der Waals surface area contributed by atoms with E-state index in [9.17, 15) is 4.79 Å². The summed E-state index contributed by atoms with van der Waals surface area (Å²) in [6.07, 6.45) is 0. The van der Waals surface area contributed by atoms with Crippen LogP contribution in [0.4, 0.5) is 5.69 Å². The van der Waals surface area contributed by atoms with Crippen LogP contribution < -0.4 is 0 Å². The van der Waals surface area contributed by atoms with E-state index < -0.39 is 5.97 Å². The number of aromatic nitrogens is 3. The van der Waals surface area contributed by atoms with Crippen LogP contribution in [0, 0.1) is 6.57 Å². The summed E-state index contributed by atoms with van der Waals surface area (Å²) in [6.45, 7) is 7.18. The summed E-state index contributed by atoms with van der Waals surface area (Å²) in [7, 11) is 0. The van der Waals surface area contributed by atoms with Gasteiger partial charge in [0, 0.05) is 10.8 Å². The number of hydrogen-bond donors (Lipinski definition) is 1. The molecule has 0 saturated carbocycles. The van der Waals surface area contributed by atoms with Crippen molar-refractivity contribution in [1.29, 1.82) is 0 Å². The van der Waals surface area contributed by atoms with Crippen LogP contribution in [0.1, 0.15) is 10.5 Å². The molecule has 0 atom stereocenters. The van der Waals surface area contributed by atoms with Gasteiger partial charge in [-0.15, -0.1) is 11.3 Å². The van der Waals surface area contributed by atoms with Gasteiger partial charge >= 0.3 is 5.97 Å². The van der Waals surface area contributed by atoms with Crippen LogP contribution in [-0.4, -0.2) is 25.8 Å². The van der Waals surface area contributed by atoms with Gasteiger partial charge in [-0.25, -0.2) is 19.3 Å². The molecule has 4 rings (SSSR count). The first-order chi connectivity index (χ1) is 12.2. The maximum absolute atomic E-state index is 11.1. The Balaban J connectivity index is 1.95. The number of nitrogens with zero attached hydrogens (tertiary/aromatic N) is 4. The molecule has 6 nitrogen and oxygen atoms in total. The minimum Gasteiger partial charge on any atom is -0.476 e. The predicted octanol–water partition coefficient (Wildman–Crippen LogP) is 4.40. The number of fused-ring (bicyclic) bond motifs is 1. The molecule has 1 N–H and O–H groups in total. The molecule has 0 unspecified atom stereocenters. The number of aromatic carboxylic acids is 1. The second kappa shape index (κ2) is 5.85. The lowest BCUT2D eigenvalue weighted by Crippen LogP contribution is -2.00. The van der Waals surface area contributed by atoms with E-state index in [1.807, 2.05) is 36.4 Å². The van der Waals surface area contributed by atoms with E-state index in [2.05, 4.69) is 14.9 Å². The SMILES string of the molecule is [C-]#[N+]c1cccc(-c2nn(-c3nc(C(=O)O)cs3)c3ccccc23)c1. The van der Waals surface area contributed by atoms with Crippen molar-refractivity contribution in [3.05, 3.63) is 71.0 Å². The zero-order valence-corrected chi connectivity index (χ0v) is 13.6. The maximum atomic E-state index is 11.1. The highest BCUT2D eigenvalue weighted by Gasteiger charge is 2.17. The Morgan fingerprint density at radius 2 is 2.04 bits per heavy atom. The zero-order chi connectivity index (χ0) is 17.4. The normalized spacial score (nSPS) is 10.7. The minimum absolute atomic E-state index is 0.00358. The highest BCUT2D eigenvalue weighted by atomic mass is 32.1. The van der Waals surface area contributed by atoms with Crippen LogP contribution in [-0.2, 0) is 0 Å². The summed E-state index contributed by atoms with van der Waals surface area (Å²) >= 11 is 1.22. The molecule has 2 aromatic heterocycles. The van der Waals surface area contributed by atoms with Crippen LogP contribution in [0.5, 0.6) is 0 Å². The molecule has 7 heteroatoms. The van der Waals surface area contributed by atoms with E-state index in [-0.39, 0.29) is 5.69 Å². The summed E-state index contributed by atoms with van der Waals surface area (Å²) in [6, 6.07) is 14.9. The summed E-state index contributed by atoms with van der Waals surface area (Å²) in [4.78, 5) is 18.7. The van der Waals surface area contributed by atoms with Gasteiger partial charge in [-0.3, -0.25) is 0 Å². The fourth-order valence-corrected chi connectivity index (χ4v) is 3.37. The van der Waals surface area contributed by atoms with Gasteiger partial charge in [0.25, 0.3) is 0 Å². The van der Waals surface area contributed by atoms with E-state index in [1.165, 1.54) is 16.7 Å². The fourth-order valence-electron chi connectivity index (χ4n) is 2.61. The molecule has 0 fully saturated rings. The van der Waals surface area contributed by atoms with Gasteiger partial charge in [-0.2, -0.15) is 5.10 Å². The molecule has 0 saturated heterocycles. The van der Waals surface area contributed by atoms with Crippen molar-refractivity contribution < 1.29 is 9.90 Å². The van der Waals surface area contributed by atoms with Crippen LogP contribution >= 0.6 is 11.3 Å². The smallest absolute Gasteiger partial charge is 0.355 e. The minimum atomic E-state index is -1.07. The summed E-state index contributed by atoms with van der Waals surface area (Å²) in [5, 5.41) is 16.6. The molecule has 0 aliphatic rings. The molecule has 0 radical (unpaired) electrons. The van der Waals surface area contributed by atoms with E-state index in [0.29, 0.717) is 10.8 Å². The Bertz CT molecular complexity index is 1150. The number of rotatable bonds is 3. The molecule has 0 aliphatic carbocycles. The average molecular weight is 346 g/mol. The summed E-state index contributed by atoms with van der Waals surface area (Å²) in [5.41, 5.74) is 2.93. The van der Waals surface area contributed by atoms with Gasteiger partial charge in [-0.1, -0.05) is 36.4 Å². The van der Waals surface area contributed by atoms with E-state index in [1.54, 1.807) is 16.8 Å². The molecular formula is C18H10N4O2S. The van der Waals surface area contributed by atoms with Crippen molar-refractivity contribution in [3.8, 4) is 16.4 Å². The Kier molecular flexibility index (Phi) is 3.52. The second-order valence-electron chi connectivity index (χ2n) is 5.26. The Morgan fingerprint density at radius 1 is 1.20 bits per heavy atom. The first-order valence-electron chi connectivity index (χ1n) is 7.32. The molecule has 2 heterocycles. The third-order valence-electron chi connectivity index (χ3n) is 3.73. The fraction of sp³-hybridized carbons (Fsp3) is 0. The molecule has 120 valence electrons. The number of thiazole rings is 1. The van der Waals surface area contributed by atoms with E-state index >= 15 is 0 Å². The van der Waals surface area contributed by atoms with Gasteiger partial charge in [0.2, 0.25) is 5.13 Å². The van der Waals surface area contributed by atoms with Gasteiger partial charge < -0.3 is 5.11 Å². The molecule has 4 aromatic rings. The maximum Gasteiger partial charge on any atom is 0.355 e. The van der Waals surface area contributed by atoms with E-state index in [0.717, 1.165) is 22.2 Å². The van der Waals surface area contributed by atoms with Crippen molar-refractivity contribution in [2.24, 2.45) is 0 Å². The van der Waals surface area contributed by atoms with Gasteiger partial charge in [0.05, 0.1) is 17.8 Å². The van der Waals surface area contributed by atoms with Crippen LogP contribution in [0.15, 0.2) is 53.9 Å². The Hall–Kier alpha value is -3.50. The van der Waals surface area contributed by atoms with Crippen LogP contribution in [0.3, 0.4) is 0 Å². The average Bonchev–Trinajstić information content (AvgIpc) is 3.26. The second-order valence-corrected chi connectivity index (χ2v) is 6.10. The molecule has 0 bridgehead atoms. The number of para-hydroxylation sites is 1. The zero-order valence-electron chi connectivity index (χ0n) is 12.7. The van der Waals surface area contributed by atoms with Gasteiger partial charge in [0.15, 0.2) is 11.4 Å². The van der Waals surface area contributed by atoms with Crippen LogP contribution in [0.2, 0.25) is 0 Å². The van der Waals surface area contributed by atoms with Crippen molar-refractivity contribution in [3.63, 3.8) is 0 Å². The molecular weight excluding hydrogens is 336 g/mol. The third kappa shape index (κ3) is 2.55. The molecule has 0 amide bonds. The van der Waals surface area contributed by atoms with Gasteiger partial charge in [-0.05, 0) is 17.7 Å². The standard InChI is InChI=1S/C18H10N4O2S/c1-19-12-6-4-5-11(9-12)16-13-7-2-3-8-15(13)22(21-16)18-20-14(10-25-18)17(23)24/h2-10H,(H,23,24). The number of benzene rings is 2.